The molecule has 118 valence electrons. The minimum absolute atomic E-state index is 0.694. The molecule has 1 fully saturated rings. The number of aliphatic imine (C=N–C) groups is 1. The van der Waals surface area contributed by atoms with Crippen LogP contribution in [0.15, 0.2) is 4.99 Å². The minimum Gasteiger partial charge on any atom is -0.356 e. The summed E-state index contributed by atoms with van der Waals surface area (Å²) in [4.78, 5) is 9.42. The van der Waals surface area contributed by atoms with Crippen LogP contribution in [-0.2, 0) is 0 Å². The molecule has 20 heavy (non-hydrogen) atoms. The van der Waals surface area contributed by atoms with E-state index in [1.54, 1.807) is 0 Å². The highest BCUT2D eigenvalue weighted by Crippen LogP contribution is 2.15. The number of hydrogen-bond donors (Lipinski definition) is 1. The highest BCUT2D eigenvalue weighted by molar-refractivity contribution is 7.98. The molecule has 0 amide bonds. The topological polar surface area (TPSA) is 30.9 Å². The van der Waals surface area contributed by atoms with Gasteiger partial charge in [0.2, 0.25) is 0 Å². The van der Waals surface area contributed by atoms with Gasteiger partial charge in [0, 0.05) is 32.7 Å². The Kier molecular flexibility index (Phi) is 9.10. The van der Waals surface area contributed by atoms with Gasteiger partial charge in [-0.3, -0.25) is 9.89 Å². The van der Waals surface area contributed by atoms with E-state index in [0.717, 1.165) is 38.7 Å². The highest BCUT2D eigenvalue weighted by Gasteiger charge is 2.27. The van der Waals surface area contributed by atoms with E-state index in [9.17, 15) is 0 Å². The summed E-state index contributed by atoms with van der Waals surface area (Å²) >= 11 is 1.93. The first-order valence-corrected chi connectivity index (χ1v) is 9.34. The normalized spacial score (nSPS) is 19.9. The van der Waals surface area contributed by atoms with Crippen LogP contribution in [0.3, 0.4) is 0 Å². The van der Waals surface area contributed by atoms with Gasteiger partial charge < -0.3 is 10.2 Å². The summed E-state index contributed by atoms with van der Waals surface area (Å²) in [5.41, 5.74) is 0. The molecule has 1 aliphatic heterocycles. The average Bonchev–Trinajstić information content (AvgIpc) is 2.94. The third-order valence-corrected chi connectivity index (χ3v) is 4.76. The molecule has 0 bridgehead atoms. The first-order valence-electron chi connectivity index (χ1n) is 7.95. The standard InChI is InChI=1S/C15H32N4S/c1-5-18(6-2)14-9-11-19(13-14)15(16-3)17-10-7-8-12-20-4/h14H,5-13H2,1-4H3,(H,16,17). The molecule has 1 heterocycles. The summed E-state index contributed by atoms with van der Waals surface area (Å²) in [6.45, 7) is 10.1. The van der Waals surface area contributed by atoms with Crippen molar-refractivity contribution in [1.29, 1.82) is 0 Å². The number of likely N-dealkylation sites (tertiary alicyclic amines) is 1. The van der Waals surface area contributed by atoms with Crippen LogP contribution in [0.5, 0.6) is 0 Å². The zero-order chi connectivity index (χ0) is 14.8. The van der Waals surface area contributed by atoms with Gasteiger partial charge in [-0.2, -0.15) is 11.8 Å². The van der Waals surface area contributed by atoms with Crippen LogP contribution >= 0.6 is 11.8 Å². The van der Waals surface area contributed by atoms with E-state index < -0.39 is 0 Å². The number of nitrogens with one attached hydrogen (secondary N) is 1. The fourth-order valence-corrected chi connectivity index (χ4v) is 3.37. The molecule has 0 radical (unpaired) electrons. The van der Waals surface area contributed by atoms with Gasteiger partial charge in [0.15, 0.2) is 5.96 Å². The van der Waals surface area contributed by atoms with Crippen LogP contribution in [0, 0.1) is 0 Å². The van der Waals surface area contributed by atoms with Crippen LogP contribution < -0.4 is 5.32 Å². The molecule has 0 aliphatic carbocycles. The number of unbranched alkanes of at least 4 members (excludes halogenated alkanes) is 1. The predicted molar refractivity (Wildman–Crippen MR) is 91.9 cm³/mol. The SMILES string of the molecule is CCN(CC)C1CCN(C(=NC)NCCCCSC)C1. The molecule has 0 aromatic carbocycles. The summed E-state index contributed by atoms with van der Waals surface area (Å²) in [6, 6.07) is 0.694. The molecule has 1 rings (SSSR count). The van der Waals surface area contributed by atoms with Crippen molar-refractivity contribution >= 4 is 17.7 Å². The maximum absolute atomic E-state index is 4.44. The molecule has 1 saturated heterocycles. The maximum atomic E-state index is 4.44. The number of hydrogen-bond acceptors (Lipinski definition) is 3. The summed E-state index contributed by atoms with van der Waals surface area (Å²) in [5.74, 6) is 2.34. The minimum atomic E-state index is 0.694. The Hall–Kier alpha value is -0.420. The van der Waals surface area contributed by atoms with E-state index in [2.05, 4.69) is 40.2 Å². The molecular formula is C15H32N4S. The molecule has 5 heteroatoms. The Morgan fingerprint density at radius 3 is 2.70 bits per heavy atom. The Morgan fingerprint density at radius 2 is 2.10 bits per heavy atom. The Labute approximate surface area is 129 Å². The summed E-state index contributed by atoms with van der Waals surface area (Å²) in [7, 11) is 1.90. The second-order valence-electron chi connectivity index (χ2n) is 5.28. The Bertz CT molecular complexity index is 279. The van der Waals surface area contributed by atoms with E-state index in [1.165, 1.54) is 25.0 Å². The second kappa shape index (κ2) is 10.3. The monoisotopic (exact) mass is 300 g/mol. The predicted octanol–water partition coefficient (Wildman–Crippen LogP) is 2.12. The average molecular weight is 301 g/mol. The lowest BCUT2D eigenvalue weighted by atomic mass is 10.2. The highest BCUT2D eigenvalue weighted by atomic mass is 32.2. The first-order chi connectivity index (χ1) is 9.76. The number of rotatable bonds is 8. The number of thioether (sulfide) groups is 1. The van der Waals surface area contributed by atoms with Gasteiger partial charge in [-0.25, -0.2) is 0 Å². The van der Waals surface area contributed by atoms with E-state index in [4.69, 9.17) is 0 Å². The fraction of sp³-hybridized carbons (Fsp3) is 0.933. The molecule has 1 N–H and O–H groups in total. The molecule has 0 saturated carbocycles. The van der Waals surface area contributed by atoms with Crippen molar-refractivity contribution in [3.8, 4) is 0 Å². The van der Waals surface area contributed by atoms with Crippen LogP contribution in [-0.4, -0.2) is 73.6 Å². The second-order valence-corrected chi connectivity index (χ2v) is 6.27. The van der Waals surface area contributed by atoms with Crippen LogP contribution in [0.2, 0.25) is 0 Å². The van der Waals surface area contributed by atoms with Crippen LogP contribution in [0.25, 0.3) is 0 Å². The first kappa shape index (κ1) is 17.6. The van der Waals surface area contributed by atoms with Crippen LogP contribution in [0.4, 0.5) is 0 Å². The van der Waals surface area contributed by atoms with Crippen molar-refractivity contribution < 1.29 is 0 Å². The van der Waals surface area contributed by atoms with Crippen LogP contribution in [0.1, 0.15) is 33.1 Å². The third kappa shape index (κ3) is 5.52. The molecule has 1 unspecified atom stereocenters. The van der Waals surface area contributed by atoms with Crippen molar-refractivity contribution in [3.05, 3.63) is 0 Å². The van der Waals surface area contributed by atoms with Crippen molar-refractivity contribution in [1.82, 2.24) is 15.1 Å². The molecule has 1 atom stereocenters. The van der Waals surface area contributed by atoms with Gasteiger partial charge in [-0.15, -0.1) is 0 Å². The van der Waals surface area contributed by atoms with Gasteiger partial charge in [-0.1, -0.05) is 13.8 Å². The van der Waals surface area contributed by atoms with E-state index in [1.807, 2.05) is 18.8 Å². The van der Waals surface area contributed by atoms with Crippen molar-refractivity contribution in [3.63, 3.8) is 0 Å². The molecule has 4 nitrogen and oxygen atoms in total. The fourth-order valence-electron chi connectivity index (χ4n) is 2.88. The van der Waals surface area contributed by atoms with Gasteiger partial charge in [0.1, 0.15) is 0 Å². The lowest BCUT2D eigenvalue weighted by Gasteiger charge is -2.27. The largest absolute Gasteiger partial charge is 0.356 e. The molecule has 0 aromatic rings. The molecule has 1 aliphatic rings. The number of guanidine groups is 1. The molecule has 0 aromatic heterocycles. The zero-order valence-electron chi connectivity index (χ0n) is 13.7. The lowest BCUT2D eigenvalue weighted by molar-refractivity contribution is 0.223. The van der Waals surface area contributed by atoms with E-state index in [0.29, 0.717) is 6.04 Å². The van der Waals surface area contributed by atoms with Gasteiger partial charge in [0.05, 0.1) is 0 Å². The van der Waals surface area contributed by atoms with Gasteiger partial charge in [0.25, 0.3) is 0 Å². The Morgan fingerprint density at radius 1 is 1.35 bits per heavy atom. The summed E-state index contributed by atoms with van der Waals surface area (Å²) in [6.07, 6.45) is 5.94. The number of likely N-dealkylation sites (N-methyl/N-ethyl adjacent to an activating group) is 1. The summed E-state index contributed by atoms with van der Waals surface area (Å²) < 4.78 is 0. The van der Waals surface area contributed by atoms with Crippen molar-refractivity contribution in [2.75, 3.05) is 51.8 Å². The molecular weight excluding hydrogens is 268 g/mol. The van der Waals surface area contributed by atoms with Crippen molar-refractivity contribution in [2.24, 2.45) is 4.99 Å². The maximum Gasteiger partial charge on any atom is 0.193 e. The Balaban J connectivity index is 2.33. The van der Waals surface area contributed by atoms with E-state index >= 15 is 0 Å². The zero-order valence-corrected chi connectivity index (χ0v) is 14.5. The quantitative estimate of drug-likeness (QED) is 0.423. The van der Waals surface area contributed by atoms with E-state index in [-0.39, 0.29) is 0 Å². The van der Waals surface area contributed by atoms with Crippen molar-refractivity contribution in [2.45, 2.75) is 39.2 Å². The molecule has 0 spiro atoms. The van der Waals surface area contributed by atoms with Gasteiger partial charge in [-0.05, 0) is 44.4 Å². The number of nitrogens with zero attached hydrogens (tertiary/aromatic N) is 3. The smallest absolute Gasteiger partial charge is 0.193 e. The third-order valence-electron chi connectivity index (χ3n) is 4.06. The summed E-state index contributed by atoms with van der Waals surface area (Å²) in [5, 5.41) is 3.51. The van der Waals surface area contributed by atoms with Gasteiger partial charge >= 0.3 is 0 Å². The lowest BCUT2D eigenvalue weighted by Crippen LogP contribution is -2.43.